The average molecular weight is 164 g/mol. The molecule has 0 radical (unpaired) electrons. The van der Waals surface area contributed by atoms with Gasteiger partial charge in [0.05, 0.1) is 18.7 Å². The third-order valence-corrected chi connectivity index (χ3v) is 1.76. The standard InChI is InChI=1S/C6H10ClNO2/c1-6(10)3-8(4-6)5(9)2-7/h10H,2-4H2,1H3. The van der Waals surface area contributed by atoms with E-state index in [2.05, 4.69) is 0 Å². The molecule has 0 aromatic rings. The Balaban J connectivity index is 2.33. The van der Waals surface area contributed by atoms with Gasteiger partial charge in [-0.2, -0.15) is 0 Å². The van der Waals surface area contributed by atoms with Crippen molar-refractivity contribution in [2.75, 3.05) is 19.0 Å². The summed E-state index contributed by atoms with van der Waals surface area (Å²) in [6.07, 6.45) is 0. The maximum Gasteiger partial charge on any atom is 0.237 e. The number of rotatable bonds is 1. The first kappa shape index (κ1) is 7.82. The molecule has 1 rings (SSSR count). The summed E-state index contributed by atoms with van der Waals surface area (Å²) in [6.45, 7) is 2.53. The van der Waals surface area contributed by atoms with Crippen LogP contribution in [0.4, 0.5) is 0 Å². The van der Waals surface area contributed by atoms with Crippen LogP contribution in [0.5, 0.6) is 0 Å². The number of carbonyl (C=O) groups is 1. The monoisotopic (exact) mass is 163 g/mol. The molecule has 1 heterocycles. The van der Waals surface area contributed by atoms with E-state index in [1.807, 2.05) is 0 Å². The molecule has 0 aliphatic carbocycles. The molecule has 0 unspecified atom stereocenters. The Morgan fingerprint density at radius 2 is 2.30 bits per heavy atom. The average Bonchev–Trinajstić information content (AvgIpc) is 1.81. The molecule has 0 aromatic carbocycles. The summed E-state index contributed by atoms with van der Waals surface area (Å²) in [5, 5.41) is 9.19. The molecule has 1 saturated heterocycles. The lowest BCUT2D eigenvalue weighted by Crippen LogP contribution is -2.62. The fraction of sp³-hybridized carbons (Fsp3) is 0.833. The van der Waals surface area contributed by atoms with E-state index in [1.165, 1.54) is 4.90 Å². The minimum absolute atomic E-state index is 0.0100. The molecule has 0 bridgehead atoms. The van der Waals surface area contributed by atoms with Crippen LogP contribution in [0.2, 0.25) is 0 Å². The van der Waals surface area contributed by atoms with E-state index in [4.69, 9.17) is 11.6 Å². The highest BCUT2D eigenvalue weighted by Crippen LogP contribution is 2.19. The van der Waals surface area contributed by atoms with E-state index in [-0.39, 0.29) is 11.8 Å². The minimum atomic E-state index is -0.679. The topological polar surface area (TPSA) is 40.5 Å². The van der Waals surface area contributed by atoms with Crippen molar-refractivity contribution in [2.24, 2.45) is 0 Å². The molecule has 1 aliphatic heterocycles. The van der Waals surface area contributed by atoms with E-state index >= 15 is 0 Å². The third-order valence-electron chi connectivity index (χ3n) is 1.53. The number of likely N-dealkylation sites (tertiary alicyclic amines) is 1. The molecule has 0 aromatic heterocycles. The number of aliphatic hydroxyl groups is 1. The summed E-state index contributed by atoms with van der Waals surface area (Å²) < 4.78 is 0. The number of halogens is 1. The van der Waals surface area contributed by atoms with Crippen molar-refractivity contribution in [3.63, 3.8) is 0 Å². The fourth-order valence-corrected chi connectivity index (χ4v) is 1.21. The van der Waals surface area contributed by atoms with Gasteiger partial charge in [-0.3, -0.25) is 4.79 Å². The summed E-state index contributed by atoms with van der Waals surface area (Å²) in [4.78, 5) is 12.3. The lowest BCUT2D eigenvalue weighted by Gasteiger charge is -2.43. The zero-order chi connectivity index (χ0) is 7.78. The minimum Gasteiger partial charge on any atom is -0.386 e. The van der Waals surface area contributed by atoms with Gasteiger partial charge in [-0.05, 0) is 6.92 Å². The van der Waals surface area contributed by atoms with Crippen LogP contribution in [0.25, 0.3) is 0 Å². The second-order valence-corrected chi connectivity index (χ2v) is 3.15. The maximum atomic E-state index is 10.8. The first-order chi connectivity index (χ1) is 4.55. The number of nitrogens with zero attached hydrogens (tertiary/aromatic N) is 1. The third kappa shape index (κ3) is 1.41. The summed E-state index contributed by atoms with van der Waals surface area (Å²) >= 11 is 5.28. The van der Waals surface area contributed by atoms with E-state index in [9.17, 15) is 9.90 Å². The molecule has 0 spiro atoms. The van der Waals surface area contributed by atoms with Crippen LogP contribution in [-0.4, -0.2) is 40.5 Å². The van der Waals surface area contributed by atoms with Crippen LogP contribution < -0.4 is 0 Å². The van der Waals surface area contributed by atoms with Crippen LogP contribution in [0.15, 0.2) is 0 Å². The Labute approximate surface area is 64.6 Å². The molecule has 1 aliphatic rings. The zero-order valence-corrected chi connectivity index (χ0v) is 6.56. The Hall–Kier alpha value is -0.280. The number of hydrogen-bond donors (Lipinski definition) is 1. The number of alkyl halides is 1. The molecule has 58 valence electrons. The summed E-state index contributed by atoms with van der Waals surface area (Å²) in [5.41, 5.74) is -0.679. The van der Waals surface area contributed by atoms with Crippen LogP contribution >= 0.6 is 11.6 Å². The van der Waals surface area contributed by atoms with Gasteiger partial charge >= 0.3 is 0 Å². The van der Waals surface area contributed by atoms with Crippen molar-refractivity contribution in [1.82, 2.24) is 4.90 Å². The smallest absolute Gasteiger partial charge is 0.237 e. The van der Waals surface area contributed by atoms with Crippen LogP contribution in [0.1, 0.15) is 6.92 Å². The Morgan fingerprint density at radius 3 is 2.60 bits per heavy atom. The van der Waals surface area contributed by atoms with Gasteiger partial charge in [-0.1, -0.05) is 0 Å². The molecular formula is C6H10ClNO2. The van der Waals surface area contributed by atoms with E-state index in [0.717, 1.165) is 0 Å². The van der Waals surface area contributed by atoms with Crippen LogP contribution in [0, 0.1) is 0 Å². The van der Waals surface area contributed by atoms with Gasteiger partial charge < -0.3 is 10.0 Å². The van der Waals surface area contributed by atoms with E-state index in [1.54, 1.807) is 6.92 Å². The highest BCUT2D eigenvalue weighted by Gasteiger charge is 2.38. The molecule has 1 N–H and O–H groups in total. The number of β-amino-alcohol motifs (C(OH)–C–C–N with tert-alkyl or cyclic N) is 1. The van der Waals surface area contributed by atoms with Gasteiger partial charge in [-0.15, -0.1) is 11.6 Å². The Bertz CT molecular complexity index is 150. The summed E-state index contributed by atoms with van der Waals surface area (Å²) in [7, 11) is 0. The van der Waals surface area contributed by atoms with Crippen molar-refractivity contribution in [3.8, 4) is 0 Å². The molecular weight excluding hydrogens is 154 g/mol. The van der Waals surface area contributed by atoms with Gasteiger partial charge in [-0.25, -0.2) is 0 Å². The number of carbonyl (C=O) groups excluding carboxylic acids is 1. The van der Waals surface area contributed by atoms with Crippen molar-refractivity contribution >= 4 is 17.5 Å². The molecule has 4 heteroatoms. The molecule has 1 fully saturated rings. The Kier molecular flexibility index (Phi) is 1.88. The molecule has 0 saturated carbocycles. The Morgan fingerprint density at radius 1 is 1.80 bits per heavy atom. The summed E-state index contributed by atoms with van der Waals surface area (Å²) in [6, 6.07) is 0. The van der Waals surface area contributed by atoms with Gasteiger partial charge in [0, 0.05) is 0 Å². The fourth-order valence-electron chi connectivity index (χ4n) is 1.04. The van der Waals surface area contributed by atoms with Gasteiger partial charge in [0.25, 0.3) is 0 Å². The molecule has 0 atom stereocenters. The maximum absolute atomic E-state index is 10.8. The van der Waals surface area contributed by atoms with E-state index in [0.29, 0.717) is 13.1 Å². The van der Waals surface area contributed by atoms with Crippen molar-refractivity contribution < 1.29 is 9.90 Å². The highest BCUT2D eigenvalue weighted by atomic mass is 35.5. The second kappa shape index (κ2) is 2.40. The molecule has 3 nitrogen and oxygen atoms in total. The van der Waals surface area contributed by atoms with Gasteiger partial charge in [0.1, 0.15) is 5.88 Å². The normalized spacial score (nSPS) is 22.1. The van der Waals surface area contributed by atoms with Gasteiger partial charge in [0.2, 0.25) is 5.91 Å². The predicted octanol–water partition coefficient (Wildman–Crippen LogP) is -0.182. The van der Waals surface area contributed by atoms with Crippen molar-refractivity contribution in [2.45, 2.75) is 12.5 Å². The SMILES string of the molecule is CC1(O)CN(C(=O)CCl)C1. The number of amides is 1. The second-order valence-electron chi connectivity index (χ2n) is 2.88. The molecule has 1 amide bonds. The largest absolute Gasteiger partial charge is 0.386 e. The van der Waals surface area contributed by atoms with Crippen molar-refractivity contribution in [1.29, 1.82) is 0 Å². The zero-order valence-electron chi connectivity index (χ0n) is 5.80. The quantitative estimate of drug-likeness (QED) is 0.545. The first-order valence-corrected chi connectivity index (χ1v) is 3.65. The molecule has 10 heavy (non-hydrogen) atoms. The first-order valence-electron chi connectivity index (χ1n) is 3.11. The van der Waals surface area contributed by atoms with Crippen LogP contribution in [-0.2, 0) is 4.79 Å². The lowest BCUT2D eigenvalue weighted by molar-refractivity contribution is -0.149. The van der Waals surface area contributed by atoms with Crippen LogP contribution in [0.3, 0.4) is 0 Å². The predicted molar refractivity (Wildman–Crippen MR) is 37.9 cm³/mol. The highest BCUT2D eigenvalue weighted by molar-refractivity contribution is 6.27. The van der Waals surface area contributed by atoms with Gasteiger partial charge in [0.15, 0.2) is 0 Å². The van der Waals surface area contributed by atoms with E-state index < -0.39 is 5.60 Å². The lowest BCUT2D eigenvalue weighted by atomic mass is 9.97. The summed E-state index contributed by atoms with van der Waals surface area (Å²) in [5.74, 6) is -0.0935. The van der Waals surface area contributed by atoms with Crippen molar-refractivity contribution in [3.05, 3.63) is 0 Å². The number of hydrogen-bond acceptors (Lipinski definition) is 2.